The van der Waals surface area contributed by atoms with Gasteiger partial charge in [-0.1, -0.05) is 6.92 Å². The fourth-order valence-corrected chi connectivity index (χ4v) is 4.70. The highest BCUT2D eigenvalue weighted by Gasteiger charge is 2.29. The van der Waals surface area contributed by atoms with Crippen molar-refractivity contribution in [1.82, 2.24) is 4.90 Å². The number of benzene rings is 2. The highest BCUT2D eigenvalue weighted by Crippen LogP contribution is 2.42. The molecule has 3 rings (SSSR count). The molecular formula is C24H32N4O5S. The van der Waals surface area contributed by atoms with Crippen molar-refractivity contribution in [3.8, 4) is 11.5 Å². The number of carbonyl (C=O) groups is 1. The Morgan fingerprint density at radius 1 is 1.03 bits per heavy atom. The van der Waals surface area contributed by atoms with Crippen LogP contribution in [-0.4, -0.2) is 66.9 Å². The molecule has 0 saturated heterocycles. The number of likely N-dealkylation sites (N-methyl/N-ethyl adjacent to an activating group) is 1. The van der Waals surface area contributed by atoms with Gasteiger partial charge in [0.2, 0.25) is 10.0 Å². The van der Waals surface area contributed by atoms with Crippen LogP contribution in [0.4, 0.5) is 17.1 Å². The average molecular weight is 489 g/mol. The fourth-order valence-electron chi connectivity index (χ4n) is 3.79. The lowest BCUT2D eigenvalue weighted by Gasteiger charge is -2.24. The Morgan fingerprint density at radius 3 is 2.18 bits per heavy atom. The number of hydrogen-bond acceptors (Lipinski definition) is 7. The Morgan fingerprint density at radius 2 is 1.65 bits per heavy atom. The quantitative estimate of drug-likeness (QED) is 0.495. The summed E-state index contributed by atoms with van der Waals surface area (Å²) in [5.41, 5.74) is 3.99. The van der Waals surface area contributed by atoms with Gasteiger partial charge in [0.05, 0.1) is 37.4 Å². The molecule has 0 fully saturated rings. The lowest BCUT2D eigenvalue weighted by atomic mass is 10.0. The summed E-state index contributed by atoms with van der Waals surface area (Å²) in [6.45, 7) is 2.91. The van der Waals surface area contributed by atoms with Crippen molar-refractivity contribution in [3.63, 3.8) is 0 Å². The standard InChI is InChI=1S/C24H32N4O5S/c1-7-19(23-18-14-21(32-4)22(33-5)15-20(18)26-24(23)29)25-16-8-10-17(11-9-16)28(34(6,30)31)13-12-27(2)3/h8-11,14-15,25H,7,12-13H2,1-6H3,(H,26,29). The molecule has 34 heavy (non-hydrogen) atoms. The summed E-state index contributed by atoms with van der Waals surface area (Å²) in [6.07, 6.45) is 1.78. The minimum Gasteiger partial charge on any atom is -0.493 e. The maximum absolute atomic E-state index is 12.8. The second-order valence-electron chi connectivity index (χ2n) is 8.22. The van der Waals surface area contributed by atoms with E-state index >= 15 is 0 Å². The maximum atomic E-state index is 12.8. The third kappa shape index (κ3) is 5.45. The van der Waals surface area contributed by atoms with E-state index in [1.165, 1.54) is 10.6 Å². The molecule has 10 heteroatoms. The highest BCUT2D eigenvalue weighted by atomic mass is 32.2. The number of carbonyl (C=O) groups excluding carboxylic acids is 1. The molecule has 1 aliphatic heterocycles. The second kappa shape index (κ2) is 10.4. The van der Waals surface area contributed by atoms with E-state index in [-0.39, 0.29) is 5.91 Å². The second-order valence-corrected chi connectivity index (χ2v) is 10.1. The Balaban J connectivity index is 1.92. The zero-order valence-corrected chi connectivity index (χ0v) is 21.2. The van der Waals surface area contributed by atoms with Gasteiger partial charge in [-0.3, -0.25) is 9.10 Å². The Kier molecular flexibility index (Phi) is 7.73. The first-order chi connectivity index (χ1) is 16.1. The van der Waals surface area contributed by atoms with Gasteiger partial charge in [-0.25, -0.2) is 8.42 Å². The Labute approximate surface area is 201 Å². The minimum absolute atomic E-state index is 0.210. The van der Waals surface area contributed by atoms with E-state index in [0.717, 1.165) is 16.9 Å². The van der Waals surface area contributed by atoms with Crippen molar-refractivity contribution >= 4 is 38.6 Å². The molecule has 2 N–H and O–H groups in total. The summed E-state index contributed by atoms with van der Waals surface area (Å²) in [7, 11) is 3.48. The molecule has 1 amide bonds. The molecule has 2 aromatic carbocycles. The lowest BCUT2D eigenvalue weighted by Crippen LogP contribution is -2.35. The number of sulfonamides is 1. The van der Waals surface area contributed by atoms with E-state index < -0.39 is 10.0 Å². The van der Waals surface area contributed by atoms with Crippen LogP contribution in [0, 0.1) is 0 Å². The molecule has 0 spiro atoms. The summed E-state index contributed by atoms with van der Waals surface area (Å²) in [5, 5.41) is 6.22. The summed E-state index contributed by atoms with van der Waals surface area (Å²) in [5.74, 6) is 0.862. The number of methoxy groups -OCH3 is 2. The molecule has 0 aromatic heterocycles. The summed E-state index contributed by atoms with van der Waals surface area (Å²) in [4.78, 5) is 14.8. The summed E-state index contributed by atoms with van der Waals surface area (Å²) >= 11 is 0. The van der Waals surface area contributed by atoms with Crippen molar-refractivity contribution in [3.05, 3.63) is 47.7 Å². The fraction of sp³-hybridized carbons (Fsp3) is 0.375. The van der Waals surface area contributed by atoms with Crippen LogP contribution in [0.25, 0.3) is 5.57 Å². The molecule has 0 atom stereocenters. The highest BCUT2D eigenvalue weighted by molar-refractivity contribution is 7.92. The molecule has 2 aromatic rings. The van der Waals surface area contributed by atoms with E-state index in [4.69, 9.17) is 9.47 Å². The van der Waals surface area contributed by atoms with Crippen molar-refractivity contribution in [2.75, 3.05) is 62.6 Å². The van der Waals surface area contributed by atoms with Crippen molar-refractivity contribution in [1.29, 1.82) is 0 Å². The first kappa shape index (κ1) is 25.4. The summed E-state index contributed by atoms with van der Waals surface area (Å²) in [6, 6.07) is 10.7. The number of nitrogens with zero attached hydrogens (tertiary/aromatic N) is 2. The van der Waals surface area contributed by atoms with Gasteiger partial charge >= 0.3 is 0 Å². The van der Waals surface area contributed by atoms with E-state index in [1.54, 1.807) is 38.5 Å². The number of anilines is 3. The topological polar surface area (TPSA) is 100 Å². The maximum Gasteiger partial charge on any atom is 0.258 e. The number of ether oxygens (including phenoxy) is 2. The zero-order valence-electron chi connectivity index (χ0n) is 20.4. The molecule has 0 bridgehead atoms. The van der Waals surface area contributed by atoms with Crippen LogP contribution in [0.15, 0.2) is 42.1 Å². The third-order valence-electron chi connectivity index (χ3n) is 5.52. The Hall–Kier alpha value is -3.24. The molecular weight excluding hydrogens is 456 g/mol. The predicted octanol–water partition coefficient (Wildman–Crippen LogP) is 3.22. The van der Waals surface area contributed by atoms with Crippen molar-refractivity contribution < 1.29 is 22.7 Å². The zero-order chi connectivity index (χ0) is 25.0. The molecule has 184 valence electrons. The van der Waals surface area contributed by atoms with Crippen LogP contribution in [-0.2, 0) is 14.8 Å². The number of allylic oxidation sites excluding steroid dienone is 1. The van der Waals surface area contributed by atoms with Crippen LogP contribution in [0.5, 0.6) is 11.5 Å². The molecule has 1 heterocycles. The molecule has 0 radical (unpaired) electrons. The van der Waals surface area contributed by atoms with Crippen LogP contribution < -0.4 is 24.4 Å². The van der Waals surface area contributed by atoms with Crippen LogP contribution in [0.1, 0.15) is 18.9 Å². The average Bonchev–Trinajstić information content (AvgIpc) is 3.10. The number of fused-ring (bicyclic) bond motifs is 1. The molecule has 1 aliphatic rings. The molecule has 0 saturated carbocycles. The number of rotatable bonds is 10. The van der Waals surface area contributed by atoms with Gasteiger partial charge in [0.25, 0.3) is 5.91 Å². The van der Waals surface area contributed by atoms with E-state index in [1.807, 2.05) is 38.1 Å². The first-order valence-electron chi connectivity index (χ1n) is 10.9. The van der Waals surface area contributed by atoms with Crippen molar-refractivity contribution in [2.45, 2.75) is 13.3 Å². The van der Waals surface area contributed by atoms with Gasteiger partial charge in [0.1, 0.15) is 0 Å². The van der Waals surface area contributed by atoms with Gasteiger partial charge in [-0.05, 0) is 50.8 Å². The molecule has 9 nitrogen and oxygen atoms in total. The number of nitrogens with one attached hydrogen (secondary N) is 2. The van der Waals surface area contributed by atoms with Gasteiger partial charge in [0.15, 0.2) is 11.5 Å². The molecule has 0 unspecified atom stereocenters. The lowest BCUT2D eigenvalue weighted by molar-refractivity contribution is -0.110. The third-order valence-corrected chi connectivity index (χ3v) is 6.72. The Bertz CT molecular complexity index is 1190. The minimum atomic E-state index is -3.42. The molecule has 0 aliphatic carbocycles. The van der Waals surface area contributed by atoms with Gasteiger partial charge in [-0.2, -0.15) is 0 Å². The van der Waals surface area contributed by atoms with E-state index in [9.17, 15) is 13.2 Å². The van der Waals surface area contributed by atoms with E-state index in [0.29, 0.717) is 48.0 Å². The SMILES string of the molecule is CCC(Nc1ccc(N(CCN(C)C)S(C)(=O)=O)cc1)=C1C(=O)Nc2cc(OC)c(OC)cc21. The van der Waals surface area contributed by atoms with Crippen molar-refractivity contribution in [2.24, 2.45) is 0 Å². The van der Waals surface area contributed by atoms with Crippen LogP contribution >= 0.6 is 0 Å². The summed E-state index contributed by atoms with van der Waals surface area (Å²) < 4.78 is 36.7. The predicted molar refractivity (Wildman–Crippen MR) is 136 cm³/mol. The van der Waals surface area contributed by atoms with Gasteiger partial charge in [0, 0.05) is 36.1 Å². The van der Waals surface area contributed by atoms with Gasteiger partial charge < -0.3 is 25.0 Å². The van der Waals surface area contributed by atoms with Crippen LogP contribution in [0.3, 0.4) is 0 Å². The largest absolute Gasteiger partial charge is 0.493 e. The van der Waals surface area contributed by atoms with Crippen LogP contribution in [0.2, 0.25) is 0 Å². The number of amides is 1. The van der Waals surface area contributed by atoms with E-state index in [2.05, 4.69) is 10.6 Å². The van der Waals surface area contributed by atoms with Gasteiger partial charge in [-0.15, -0.1) is 0 Å². The normalized spacial score (nSPS) is 14.5. The monoisotopic (exact) mass is 488 g/mol. The number of hydrogen-bond donors (Lipinski definition) is 2. The first-order valence-corrected chi connectivity index (χ1v) is 12.7. The smallest absolute Gasteiger partial charge is 0.258 e.